The van der Waals surface area contributed by atoms with Gasteiger partial charge in [-0.3, -0.25) is 4.79 Å². The van der Waals surface area contributed by atoms with E-state index in [0.717, 1.165) is 27.8 Å². The van der Waals surface area contributed by atoms with Crippen LogP contribution in [-0.4, -0.2) is 20.4 Å². The molecule has 5 nitrogen and oxygen atoms in total. The Hall–Kier alpha value is -3.45. The summed E-state index contributed by atoms with van der Waals surface area (Å²) in [6.45, 7) is 1.98. The number of carbonyl (C=O) groups is 1. The zero-order valence-electron chi connectivity index (χ0n) is 19.7. The lowest BCUT2D eigenvalue weighted by Crippen LogP contribution is -2.35. The summed E-state index contributed by atoms with van der Waals surface area (Å²) in [5.41, 5.74) is 6.13. The number of amides is 1. The van der Waals surface area contributed by atoms with Crippen LogP contribution in [0.15, 0.2) is 95.9 Å². The number of sulfonamides is 1. The Kier molecular flexibility index (Phi) is 6.67. The highest BCUT2D eigenvalue weighted by Crippen LogP contribution is 2.31. The molecular weight excluding hydrogens is 492 g/mol. The third kappa shape index (κ3) is 5.07. The van der Waals surface area contributed by atoms with Crippen LogP contribution in [0.25, 0.3) is 11.1 Å². The van der Waals surface area contributed by atoms with Gasteiger partial charge in [-0.25, -0.2) is 13.1 Å². The van der Waals surface area contributed by atoms with Gasteiger partial charge in [0.1, 0.15) is 0 Å². The molecule has 0 spiro atoms. The molecule has 1 atom stereocenters. The number of aryl methyl sites for hydroxylation is 1. The van der Waals surface area contributed by atoms with Crippen molar-refractivity contribution in [3.05, 3.63) is 118 Å². The fourth-order valence-electron chi connectivity index (χ4n) is 4.72. The zero-order valence-corrected chi connectivity index (χ0v) is 21.2. The van der Waals surface area contributed by atoms with Crippen LogP contribution in [0.5, 0.6) is 0 Å². The lowest BCUT2D eigenvalue weighted by molar-refractivity contribution is 0.102. The quantitative estimate of drug-likeness (QED) is 0.329. The number of anilines is 1. The molecule has 1 amide bonds. The Balaban J connectivity index is 1.33. The van der Waals surface area contributed by atoms with Crippen LogP contribution in [0.2, 0.25) is 5.02 Å². The van der Waals surface area contributed by atoms with Gasteiger partial charge in [-0.2, -0.15) is 0 Å². The van der Waals surface area contributed by atoms with E-state index >= 15 is 0 Å². The van der Waals surface area contributed by atoms with Crippen LogP contribution in [0, 0.1) is 6.92 Å². The molecule has 0 fully saturated rings. The van der Waals surface area contributed by atoms with E-state index < -0.39 is 10.0 Å². The van der Waals surface area contributed by atoms with Gasteiger partial charge >= 0.3 is 0 Å². The van der Waals surface area contributed by atoms with Gasteiger partial charge in [0.15, 0.2) is 0 Å². The Morgan fingerprint density at radius 3 is 2.33 bits per heavy atom. The molecule has 0 unspecified atom stereocenters. The maximum atomic E-state index is 13.3. The number of carbonyl (C=O) groups excluding carboxylic acids is 1. The van der Waals surface area contributed by atoms with Gasteiger partial charge in [0, 0.05) is 22.3 Å². The lowest BCUT2D eigenvalue weighted by Gasteiger charge is -2.14. The maximum Gasteiger partial charge on any atom is 0.256 e. The second kappa shape index (κ2) is 9.90. The van der Waals surface area contributed by atoms with Gasteiger partial charge in [-0.1, -0.05) is 60.1 Å². The molecule has 7 heteroatoms. The summed E-state index contributed by atoms with van der Waals surface area (Å²) in [5, 5.41) is 3.66. The Labute approximate surface area is 216 Å². The molecule has 0 bridgehead atoms. The van der Waals surface area contributed by atoms with E-state index in [1.807, 2.05) is 67.6 Å². The highest BCUT2D eigenvalue weighted by atomic mass is 35.5. The molecule has 1 aliphatic carbocycles. The summed E-state index contributed by atoms with van der Waals surface area (Å²) in [7, 11) is -3.59. The first-order valence-electron chi connectivity index (χ1n) is 11.7. The number of fused-ring (bicyclic) bond motifs is 1. The molecular formula is C29H25ClN2O3S. The molecule has 0 saturated heterocycles. The fraction of sp³-hybridized carbons (Fsp3) is 0.138. The molecule has 0 aliphatic heterocycles. The molecule has 1 aliphatic rings. The Morgan fingerprint density at radius 1 is 0.861 bits per heavy atom. The summed E-state index contributed by atoms with van der Waals surface area (Å²) in [6, 6.07) is 27.0. The van der Waals surface area contributed by atoms with Gasteiger partial charge in [-0.15, -0.1) is 0 Å². The molecule has 0 radical (unpaired) electrons. The number of benzene rings is 4. The van der Waals surface area contributed by atoms with Gasteiger partial charge in [-0.05, 0) is 90.0 Å². The van der Waals surface area contributed by atoms with Gasteiger partial charge in [0.25, 0.3) is 5.91 Å². The predicted octanol–water partition coefficient (Wildman–Crippen LogP) is 6.01. The largest absolute Gasteiger partial charge is 0.322 e. The SMILES string of the molecule is Cc1cccc(C(=O)Nc2ccc3c(c2)C[C@H](NS(=O)(=O)c2ccccc2)C3)c1-c1ccc(Cl)cc1. The zero-order chi connectivity index (χ0) is 25.3. The van der Waals surface area contributed by atoms with Crippen LogP contribution < -0.4 is 10.0 Å². The molecule has 4 aromatic rings. The maximum absolute atomic E-state index is 13.3. The van der Waals surface area contributed by atoms with E-state index in [1.165, 1.54) is 0 Å². The van der Waals surface area contributed by atoms with Crippen molar-refractivity contribution in [2.24, 2.45) is 0 Å². The normalized spacial score (nSPS) is 14.9. The smallest absolute Gasteiger partial charge is 0.256 e. The highest BCUT2D eigenvalue weighted by molar-refractivity contribution is 7.89. The van der Waals surface area contributed by atoms with E-state index in [4.69, 9.17) is 11.6 Å². The fourth-order valence-corrected chi connectivity index (χ4v) is 6.10. The van der Waals surface area contributed by atoms with E-state index in [0.29, 0.717) is 29.1 Å². The number of rotatable bonds is 6. The summed E-state index contributed by atoms with van der Waals surface area (Å²) in [5.74, 6) is -0.206. The van der Waals surface area contributed by atoms with Crippen molar-refractivity contribution in [2.45, 2.75) is 30.7 Å². The molecule has 4 aromatic carbocycles. The van der Waals surface area contributed by atoms with E-state index in [2.05, 4.69) is 10.0 Å². The van der Waals surface area contributed by atoms with Crippen LogP contribution in [0.3, 0.4) is 0 Å². The second-order valence-electron chi connectivity index (χ2n) is 8.98. The standard InChI is InChI=1S/C29H25ClN2O3S/c1-19-6-5-9-27(28(19)20-10-13-23(30)14-11-20)29(33)31-24-15-12-21-16-25(18-22(21)17-24)32-36(34,35)26-7-3-2-4-8-26/h2-15,17,25,32H,16,18H2,1H3,(H,31,33)/t25-/m1/s1. The van der Waals surface area contributed by atoms with Crippen LogP contribution in [0.1, 0.15) is 27.0 Å². The first-order valence-corrected chi connectivity index (χ1v) is 13.5. The predicted molar refractivity (Wildman–Crippen MR) is 144 cm³/mol. The summed E-state index contributed by atoms with van der Waals surface area (Å²) in [6.07, 6.45) is 1.17. The average Bonchev–Trinajstić information content (AvgIpc) is 3.26. The van der Waals surface area contributed by atoms with Gasteiger partial charge in [0.05, 0.1) is 4.90 Å². The molecule has 182 valence electrons. The minimum atomic E-state index is -3.59. The number of halogens is 1. The van der Waals surface area contributed by atoms with Crippen molar-refractivity contribution < 1.29 is 13.2 Å². The van der Waals surface area contributed by atoms with Crippen molar-refractivity contribution >= 4 is 33.2 Å². The molecule has 2 N–H and O–H groups in total. The van der Waals surface area contributed by atoms with E-state index in [1.54, 1.807) is 30.3 Å². The minimum Gasteiger partial charge on any atom is -0.322 e. The van der Waals surface area contributed by atoms with Crippen LogP contribution >= 0.6 is 11.6 Å². The number of hydrogen-bond donors (Lipinski definition) is 2. The van der Waals surface area contributed by atoms with Gasteiger partial charge in [0.2, 0.25) is 10.0 Å². The Morgan fingerprint density at radius 2 is 1.58 bits per heavy atom. The topological polar surface area (TPSA) is 75.3 Å². The van der Waals surface area contributed by atoms with E-state index in [9.17, 15) is 13.2 Å². The van der Waals surface area contributed by atoms with Crippen molar-refractivity contribution in [2.75, 3.05) is 5.32 Å². The number of nitrogens with one attached hydrogen (secondary N) is 2. The van der Waals surface area contributed by atoms with Crippen LogP contribution in [-0.2, 0) is 22.9 Å². The third-order valence-corrected chi connectivity index (χ3v) is 8.21. The van der Waals surface area contributed by atoms with Crippen molar-refractivity contribution in [1.29, 1.82) is 0 Å². The average molecular weight is 517 g/mol. The van der Waals surface area contributed by atoms with E-state index in [-0.39, 0.29) is 16.8 Å². The molecule has 5 rings (SSSR count). The second-order valence-corrected chi connectivity index (χ2v) is 11.1. The summed E-state index contributed by atoms with van der Waals surface area (Å²) >= 11 is 6.05. The highest BCUT2D eigenvalue weighted by Gasteiger charge is 2.27. The molecule has 0 aromatic heterocycles. The summed E-state index contributed by atoms with van der Waals surface area (Å²) in [4.78, 5) is 13.6. The summed E-state index contributed by atoms with van der Waals surface area (Å²) < 4.78 is 28.3. The molecule has 0 heterocycles. The molecule has 36 heavy (non-hydrogen) atoms. The van der Waals surface area contributed by atoms with Gasteiger partial charge < -0.3 is 5.32 Å². The third-order valence-electron chi connectivity index (χ3n) is 6.42. The van der Waals surface area contributed by atoms with Crippen LogP contribution in [0.4, 0.5) is 5.69 Å². The first kappa shape index (κ1) is 24.3. The Bertz CT molecular complexity index is 1540. The van der Waals surface area contributed by atoms with Crippen molar-refractivity contribution in [1.82, 2.24) is 4.72 Å². The molecule has 0 saturated carbocycles. The lowest BCUT2D eigenvalue weighted by atomic mass is 9.94. The minimum absolute atomic E-state index is 0.206. The monoisotopic (exact) mass is 516 g/mol. The van der Waals surface area contributed by atoms with Crippen molar-refractivity contribution in [3.8, 4) is 11.1 Å². The number of hydrogen-bond acceptors (Lipinski definition) is 3. The first-order chi connectivity index (χ1) is 17.3. The van der Waals surface area contributed by atoms with Crippen molar-refractivity contribution in [3.63, 3.8) is 0 Å².